The van der Waals surface area contributed by atoms with Crippen molar-refractivity contribution >= 4 is 36.9 Å². The number of ether oxygens (including phenoxy) is 1. The van der Waals surface area contributed by atoms with Gasteiger partial charge in [-0.25, -0.2) is 0 Å². The van der Waals surface area contributed by atoms with E-state index >= 15 is 0 Å². The first-order valence-corrected chi connectivity index (χ1v) is 14.0. The molecule has 0 bridgehead atoms. The Labute approximate surface area is 117 Å². The summed E-state index contributed by atoms with van der Waals surface area (Å²) in [6.45, 7) is 6.81. The van der Waals surface area contributed by atoms with Crippen LogP contribution in [0, 0.1) is 0 Å². The van der Waals surface area contributed by atoms with Crippen molar-refractivity contribution in [1.29, 1.82) is 0 Å². The van der Waals surface area contributed by atoms with E-state index in [1.165, 1.54) is 5.20 Å². The van der Waals surface area contributed by atoms with Crippen molar-refractivity contribution in [2.24, 2.45) is 0 Å². The van der Waals surface area contributed by atoms with Gasteiger partial charge in [0.15, 0.2) is 0 Å². The van der Waals surface area contributed by atoms with Gasteiger partial charge in [0.2, 0.25) is 0 Å². The van der Waals surface area contributed by atoms with Crippen molar-refractivity contribution in [3.8, 4) is 5.75 Å². The van der Waals surface area contributed by atoms with Gasteiger partial charge in [-0.2, -0.15) is 0 Å². The van der Waals surface area contributed by atoms with E-state index in [4.69, 9.17) is 24.1 Å². The zero-order valence-electron chi connectivity index (χ0n) is 10.3. The summed E-state index contributed by atoms with van der Waals surface area (Å²) in [6, 6.07) is 8.00. The quantitative estimate of drug-likeness (QED) is 0.716. The fraction of sp³-hybridized carbons (Fsp3) is 0.333. The molecule has 0 spiro atoms. The Morgan fingerprint density at radius 2 is 1.71 bits per heavy atom. The number of methoxy groups -OCH3 is 1. The van der Waals surface area contributed by atoms with Crippen molar-refractivity contribution in [3.05, 3.63) is 29.8 Å². The van der Waals surface area contributed by atoms with Crippen molar-refractivity contribution in [1.82, 2.24) is 0 Å². The summed E-state index contributed by atoms with van der Waals surface area (Å²) in [5, 5.41) is 1.21. The van der Waals surface area contributed by atoms with Gasteiger partial charge in [0, 0.05) is 0 Å². The average Bonchev–Trinajstić information content (AvgIpc) is 2.24. The van der Waals surface area contributed by atoms with E-state index < -0.39 is 21.6 Å². The monoisotopic (exact) mass is 376 g/mol. The zero-order valence-corrected chi connectivity index (χ0v) is 14.6. The van der Waals surface area contributed by atoms with Crippen LogP contribution >= 0.6 is 19.4 Å². The number of rotatable bonds is 3. The van der Waals surface area contributed by atoms with Gasteiger partial charge >= 0.3 is 118 Å². The molecule has 0 amide bonds. The molecule has 0 unspecified atom stereocenters. The molecule has 0 aromatic heterocycles. The fourth-order valence-electron chi connectivity index (χ4n) is 1.44. The molecule has 0 aliphatic carbocycles. The van der Waals surface area contributed by atoms with Crippen LogP contribution in [0.15, 0.2) is 24.3 Å². The Kier molecular flexibility index (Phi) is 5.63. The molecule has 0 fully saturated rings. The summed E-state index contributed by atoms with van der Waals surface area (Å²) in [4.78, 5) is 0. The molecule has 1 aromatic carbocycles. The number of hydrogen-bond acceptors (Lipinski definition) is 1. The second-order valence-corrected chi connectivity index (χ2v) is 14.9. The van der Waals surface area contributed by atoms with E-state index in [2.05, 4.69) is 23.9 Å². The predicted molar refractivity (Wildman–Crippen MR) is 76.5 cm³/mol. The minimum absolute atomic E-state index is 0.856. The molecule has 17 heavy (non-hydrogen) atoms. The van der Waals surface area contributed by atoms with Crippen molar-refractivity contribution in [3.63, 3.8) is 0 Å². The second-order valence-electron chi connectivity index (χ2n) is 4.63. The van der Waals surface area contributed by atoms with E-state index in [1.807, 2.05) is 24.3 Å². The molecule has 0 saturated carbocycles. The third-order valence-electron chi connectivity index (χ3n) is 2.28. The number of halogens is 2. The maximum absolute atomic E-state index is 5.96. The standard InChI is InChI=1S/C12H16OSi.2ClH.Ru/c1-10(14(3,4)5)11-6-8-12(13-2)9-7-11;;;/h6-9H,2-5H3;2*1H;/q;;;+2/p-2. The SMILES string of the molecule is COc1ccc(C(=[C]=[Ru]([Cl])[Cl])[Si](C)(C)C)cc1. The van der Waals surface area contributed by atoms with E-state index in [-0.39, 0.29) is 0 Å². The number of hydrogen-bond donors (Lipinski definition) is 0. The van der Waals surface area contributed by atoms with Gasteiger partial charge in [-0.3, -0.25) is 0 Å². The summed E-state index contributed by atoms with van der Waals surface area (Å²) in [5.41, 5.74) is 1.16. The summed E-state index contributed by atoms with van der Waals surface area (Å²) in [7, 11) is 12.1. The summed E-state index contributed by atoms with van der Waals surface area (Å²) < 4.78 is 8.44. The van der Waals surface area contributed by atoms with Crippen LogP contribution in [0.25, 0.3) is 5.20 Å². The Balaban J connectivity index is 3.30. The van der Waals surface area contributed by atoms with Crippen LogP contribution in [0.4, 0.5) is 0 Å². The molecule has 0 aliphatic rings. The number of benzene rings is 1. The van der Waals surface area contributed by atoms with Crippen molar-refractivity contribution in [2.75, 3.05) is 7.11 Å². The Morgan fingerprint density at radius 1 is 1.18 bits per heavy atom. The molecule has 0 aliphatic heterocycles. The van der Waals surface area contributed by atoms with Crippen LogP contribution in [0.1, 0.15) is 5.56 Å². The Hall–Kier alpha value is 0.0903. The Bertz CT molecular complexity index is 452. The molecule has 1 aromatic rings. The summed E-state index contributed by atoms with van der Waals surface area (Å²) in [6.07, 6.45) is 0. The van der Waals surface area contributed by atoms with Gasteiger partial charge in [-0.1, -0.05) is 0 Å². The van der Waals surface area contributed by atoms with Crippen LogP contribution < -0.4 is 4.74 Å². The predicted octanol–water partition coefficient (Wildman–Crippen LogP) is 4.28. The molecule has 0 saturated heterocycles. The van der Waals surface area contributed by atoms with E-state index in [9.17, 15) is 0 Å². The van der Waals surface area contributed by atoms with Gasteiger partial charge in [-0.05, 0) is 0 Å². The van der Waals surface area contributed by atoms with Gasteiger partial charge in [0.25, 0.3) is 0 Å². The van der Waals surface area contributed by atoms with Crippen LogP contribution in [0.3, 0.4) is 0 Å². The summed E-state index contributed by atoms with van der Waals surface area (Å²) in [5.74, 6) is 0.856. The molecule has 0 atom stereocenters. The minimum atomic E-state index is -1.90. The van der Waals surface area contributed by atoms with E-state index in [1.54, 1.807) is 7.11 Å². The topological polar surface area (TPSA) is 9.23 Å². The van der Waals surface area contributed by atoms with Crippen molar-refractivity contribution < 1.29 is 18.3 Å². The third kappa shape index (κ3) is 4.69. The van der Waals surface area contributed by atoms with Gasteiger partial charge in [-0.15, -0.1) is 0 Å². The van der Waals surface area contributed by atoms with Gasteiger partial charge < -0.3 is 0 Å². The van der Waals surface area contributed by atoms with Crippen LogP contribution in [0.5, 0.6) is 5.75 Å². The van der Waals surface area contributed by atoms with Gasteiger partial charge in [0.1, 0.15) is 0 Å². The molecule has 0 N–H and O–H groups in total. The second kappa shape index (κ2) is 6.31. The van der Waals surface area contributed by atoms with Gasteiger partial charge in [0.05, 0.1) is 0 Å². The molecular weight excluding hydrogens is 360 g/mol. The fourth-order valence-corrected chi connectivity index (χ4v) is 7.25. The molecule has 1 rings (SSSR count). The van der Waals surface area contributed by atoms with Crippen LogP contribution in [-0.2, 0) is 13.5 Å². The Morgan fingerprint density at radius 3 is 2.06 bits per heavy atom. The first kappa shape index (κ1) is 15.1. The maximum atomic E-state index is 5.96. The van der Waals surface area contributed by atoms with Crippen LogP contribution in [-0.4, -0.2) is 19.4 Å². The van der Waals surface area contributed by atoms with Crippen LogP contribution in [0.2, 0.25) is 19.6 Å². The molecule has 1 nitrogen and oxygen atoms in total. The molecule has 96 valence electrons. The molecule has 5 heteroatoms. The zero-order chi connectivity index (χ0) is 13.1. The first-order valence-electron chi connectivity index (χ1n) is 5.13. The summed E-state index contributed by atoms with van der Waals surface area (Å²) >= 11 is -1.90. The molecular formula is C12H16Cl2ORuSi. The van der Waals surface area contributed by atoms with E-state index in [0.717, 1.165) is 11.3 Å². The molecule has 0 heterocycles. The average molecular weight is 376 g/mol. The van der Waals surface area contributed by atoms with Crippen molar-refractivity contribution in [2.45, 2.75) is 19.6 Å². The molecule has 0 radical (unpaired) electrons. The first-order chi connectivity index (χ1) is 7.84. The normalized spacial score (nSPS) is 11.8. The third-order valence-corrected chi connectivity index (χ3v) is 6.15. The van der Waals surface area contributed by atoms with E-state index in [0.29, 0.717) is 0 Å².